The third-order valence-electron chi connectivity index (χ3n) is 10.6. The van der Waals surface area contributed by atoms with Gasteiger partial charge in [-0.3, -0.25) is 4.98 Å². The van der Waals surface area contributed by atoms with Gasteiger partial charge in [-0.2, -0.15) is 0 Å². The second-order valence-corrected chi connectivity index (χ2v) is 13.6. The van der Waals surface area contributed by atoms with Crippen LogP contribution in [0.3, 0.4) is 0 Å². The molecular weight excluding hydrogens is 560 g/mol. The SMILES string of the molecule is CC[C@H]1CC[C@@H](O)c2nccc(OC[C@H](C)C[C@H]3Cc4ccccc4C34CCC(Nc3cccc(Cl)c3)(C(=O)O)CC4)c21. The van der Waals surface area contributed by atoms with Gasteiger partial charge in [0.1, 0.15) is 11.3 Å². The van der Waals surface area contributed by atoms with Crippen molar-refractivity contribution >= 4 is 23.3 Å². The monoisotopic (exact) mass is 602 g/mol. The van der Waals surface area contributed by atoms with Crippen LogP contribution >= 0.6 is 11.6 Å². The quantitative estimate of drug-likeness (QED) is 0.229. The van der Waals surface area contributed by atoms with Crippen molar-refractivity contribution in [3.8, 4) is 5.75 Å². The fraction of sp³-hybridized carbons (Fsp3) is 0.500. The first-order valence-electron chi connectivity index (χ1n) is 15.9. The molecule has 43 heavy (non-hydrogen) atoms. The molecule has 0 saturated heterocycles. The number of aliphatic carboxylic acids is 1. The van der Waals surface area contributed by atoms with Crippen LogP contribution in [0, 0.1) is 11.8 Å². The molecule has 3 aromatic rings. The lowest BCUT2D eigenvalue weighted by atomic mass is 9.59. The summed E-state index contributed by atoms with van der Waals surface area (Å²) in [5.41, 5.74) is 4.35. The highest BCUT2D eigenvalue weighted by Crippen LogP contribution is 2.56. The van der Waals surface area contributed by atoms with Gasteiger partial charge in [-0.1, -0.05) is 55.8 Å². The summed E-state index contributed by atoms with van der Waals surface area (Å²) in [6.45, 7) is 5.05. The lowest BCUT2D eigenvalue weighted by Gasteiger charge is -2.47. The molecule has 1 saturated carbocycles. The number of aromatic nitrogens is 1. The summed E-state index contributed by atoms with van der Waals surface area (Å²) < 4.78 is 6.50. The fourth-order valence-electron chi connectivity index (χ4n) is 8.32. The number of hydrogen-bond acceptors (Lipinski definition) is 5. The molecule has 228 valence electrons. The molecule has 6 nitrogen and oxygen atoms in total. The average Bonchev–Trinajstić information content (AvgIpc) is 3.29. The Morgan fingerprint density at radius 2 is 1.91 bits per heavy atom. The second-order valence-electron chi connectivity index (χ2n) is 13.2. The van der Waals surface area contributed by atoms with Gasteiger partial charge in [-0.05, 0) is 116 Å². The van der Waals surface area contributed by atoms with Crippen molar-refractivity contribution in [1.29, 1.82) is 0 Å². The number of halogens is 1. The molecule has 1 aromatic heterocycles. The van der Waals surface area contributed by atoms with Gasteiger partial charge in [-0.15, -0.1) is 0 Å². The minimum atomic E-state index is -1.02. The van der Waals surface area contributed by atoms with E-state index in [4.69, 9.17) is 16.3 Å². The van der Waals surface area contributed by atoms with Crippen LogP contribution in [-0.4, -0.2) is 33.3 Å². The van der Waals surface area contributed by atoms with Crippen LogP contribution in [0.1, 0.15) is 99.6 Å². The molecule has 4 atom stereocenters. The summed E-state index contributed by atoms with van der Waals surface area (Å²) in [5, 5.41) is 25.0. The Balaban J connectivity index is 1.19. The van der Waals surface area contributed by atoms with Crippen LogP contribution in [-0.2, 0) is 16.6 Å². The van der Waals surface area contributed by atoms with Crippen molar-refractivity contribution < 1.29 is 19.7 Å². The van der Waals surface area contributed by atoms with Gasteiger partial charge in [0.25, 0.3) is 0 Å². The Bertz CT molecular complexity index is 1470. The number of ether oxygens (including phenoxy) is 1. The van der Waals surface area contributed by atoms with Crippen molar-refractivity contribution in [2.75, 3.05) is 11.9 Å². The van der Waals surface area contributed by atoms with E-state index in [-0.39, 0.29) is 5.41 Å². The smallest absolute Gasteiger partial charge is 0.329 e. The molecule has 3 aliphatic carbocycles. The van der Waals surface area contributed by atoms with E-state index in [0.717, 1.165) is 67.6 Å². The number of carbonyl (C=O) groups is 1. The number of aliphatic hydroxyl groups excluding tert-OH is 1. The Labute approximate surface area is 259 Å². The summed E-state index contributed by atoms with van der Waals surface area (Å²) >= 11 is 6.22. The molecule has 0 bridgehead atoms. The summed E-state index contributed by atoms with van der Waals surface area (Å²) in [5.74, 6) is 1.15. The van der Waals surface area contributed by atoms with Crippen LogP contribution in [0.15, 0.2) is 60.8 Å². The normalized spacial score (nSPS) is 28.6. The molecule has 0 aliphatic heterocycles. The number of rotatable bonds is 9. The van der Waals surface area contributed by atoms with Gasteiger partial charge in [0.05, 0.1) is 18.4 Å². The maximum Gasteiger partial charge on any atom is 0.329 e. The standard InChI is InChI=1S/C36H43ClN2O4/c1-3-24-11-12-30(40)33-32(24)31(13-18-38-33)43-22-23(2)19-26-20-25-7-4-5-10-29(25)35(26)14-16-36(17-15-35,34(41)42)39-28-9-6-8-27(37)21-28/h4-10,13,18,21,23-24,26,30,39-40H,3,11-12,14-17,19-20,22H2,1-2H3,(H,41,42)/t23-,24+,26+,30-,35?,36?/m1/s1. The molecule has 6 rings (SSSR count). The largest absolute Gasteiger partial charge is 0.493 e. The van der Waals surface area contributed by atoms with Gasteiger partial charge in [0, 0.05) is 22.5 Å². The van der Waals surface area contributed by atoms with Crippen LogP contribution < -0.4 is 10.1 Å². The van der Waals surface area contributed by atoms with Crippen LogP contribution in [0.4, 0.5) is 5.69 Å². The molecule has 1 spiro atoms. The summed E-state index contributed by atoms with van der Waals surface area (Å²) in [6.07, 6.45) is 8.69. The van der Waals surface area contributed by atoms with Gasteiger partial charge in [-0.25, -0.2) is 4.79 Å². The Morgan fingerprint density at radius 3 is 2.65 bits per heavy atom. The van der Waals surface area contributed by atoms with E-state index in [9.17, 15) is 15.0 Å². The highest BCUT2D eigenvalue weighted by molar-refractivity contribution is 6.30. The first kappa shape index (κ1) is 30.0. The van der Waals surface area contributed by atoms with Crippen molar-refractivity contribution in [1.82, 2.24) is 4.98 Å². The van der Waals surface area contributed by atoms with E-state index in [0.29, 0.717) is 42.2 Å². The third-order valence-corrected chi connectivity index (χ3v) is 10.8. The zero-order valence-corrected chi connectivity index (χ0v) is 25.9. The predicted octanol–water partition coefficient (Wildman–Crippen LogP) is 8.08. The molecule has 2 aromatic carbocycles. The highest BCUT2D eigenvalue weighted by Gasteiger charge is 2.54. The number of carboxylic acid groups (broad SMARTS) is 1. The van der Waals surface area contributed by atoms with E-state index in [1.165, 1.54) is 11.1 Å². The maximum atomic E-state index is 12.7. The van der Waals surface area contributed by atoms with Crippen molar-refractivity contribution in [3.63, 3.8) is 0 Å². The maximum absolute atomic E-state index is 12.7. The zero-order chi connectivity index (χ0) is 30.2. The number of hydrogen-bond donors (Lipinski definition) is 3. The fourth-order valence-corrected chi connectivity index (χ4v) is 8.51. The number of anilines is 1. The zero-order valence-electron chi connectivity index (χ0n) is 25.2. The number of nitrogens with one attached hydrogen (secondary N) is 1. The summed E-state index contributed by atoms with van der Waals surface area (Å²) in [6, 6.07) is 18.1. The first-order valence-corrected chi connectivity index (χ1v) is 16.3. The van der Waals surface area contributed by atoms with Gasteiger partial charge < -0.3 is 20.3 Å². The van der Waals surface area contributed by atoms with E-state index < -0.39 is 17.6 Å². The van der Waals surface area contributed by atoms with E-state index in [2.05, 4.69) is 48.4 Å². The Morgan fingerprint density at radius 1 is 1.12 bits per heavy atom. The lowest BCUT2D eigenvalue weighted by molar-refractivity contribution is -0.144. The first-order chi connectivity index (χ1) is 20.7. The molecule has 0 amide bonds. The molecule has 1 heterocycles. The average molecular weight is 603 g/mol. The minimum Gasteiger partial charge on any atom is -0.493 e. The van der Waals surface area contributed by atoms with E-state index >= 15 is 0 Å². The minimum absolute atomic E-state index is 0.0485. The predicted molar refractivity (Wildman–Crippen MR) is 170 cm³/mol. The molecule has 7 heteroatoms. The number of pyridine rings is 1. The molecular formula is C36H43ClN2O4. The summed E-state index contributed by atoms with van der Waals surface area (Å²) in [7, 11) is 0. The molecule has 0 radical (unpaired) electrons. The topological polar surface area (TPSA) is 91.7 Å². The van der Waals surface area contributed by atoms with Gasteiger partial charge in [0.15, 0.2) is 0 Å². The number of carboxylic acids is 1. The van der Waals surface area contributed by atoms with E-state index in [1.807, 2.05) is 18.2 Å². The van der Waals surface area contributed by atoms with Gasteiger partial charge >= 0.3 is 5.97 Å². The molecule has 3 aliphatic rings. The lowest BCUT2D eigenvalue weighted by Crippen LogP contribution is -2.53. The summed E-state index contributed by atoms with van der Waals surface area (Å²) in [4.78, 5) is 17.2. The third kappa shape index (κ3) is 5.64. The van der Waals surface area contributed by atoms with Crippen molar-refractivity contribution in [3.05, 3.63) is 88.2 Å². The molecule has 1 fully saturated rings. The van der Waals surface area contributed by atoms with Crippen LogP contribution in [0.2, 0.25) is 5.02 Å². The Hall–Kier alpha value is -3.09. The van der Waals surface area contributed by atoms with E-state index in [1.54, 1.807) is 18.3 Å². The second kappa shape index (κ2) is 12.1. The van der Waals surface area contributed by atoms with Crippen LogP contribution in [0.5, 0.6) is 5.75 Å². The van der Waals surface area contributed by atoms with Crippen molar-refractivity contribution in [2.45, 2.75) is 94.6 Å². The number of fused-ring (bicyclic) bond motifs is 3. The molecule has 3 N–H and O–H groups in total. The number of benzene rings is 2. The highest BCUT2D eigenvalue weighted by atomic mass is 35.5. The van der Waals surface area contributed by atoms with Crippen molar-refractivity contribution in [2.24, 2.45) is 11.8 Å². The molecule has 0 unspecified atom stereocenters. The van der Waals surface area contributed by atoms with Gasteiger partial charge in [0.2, 0.25) is 0 Å². The number of aliphatic hydroxyl groups is 1. The van der Waals surface area contributed by atoms with Crippen LogP contribution in [0.25, 0.3) is 0 Å². The Kier molecular flexibility index (Phi) is 8.45. The number of nitrogens with zero attached hydrogens (tertiary/aromatic N) is 1.